The van der Waals surface area contributed by atoms with Crippen LogP contribution in [-0.4, -0.2) is 27.7 Å². The molecule has 1 aliphatic carbocycles. The van der Waals surface area contributed by atoms with Crippen LogP contribution in [0.15, 0.2) is 23.1 Å². The van der Waals surface area contributed by atoms with E-state index in [0.29, 0.717) is 5.69 Å². The number of aryl methyl sites for hydroxylation is 1. The third-order valence-electron chi connectivity index (χ3n) is 3.62. The quantitative estimate of drug-likeness (QED) is 0.819. The number of nitrogen functional groups attached to an aromatic ring is 1. The molecule has 0 aromatic heterocycles. The lowest BCUT2D eigenvalue weighted by molar-refractivity contribution is 0.0916. The number of hydrogen-bond donors (Lipinski definition) is 2. The standard InChI is InChI=1S/C13H20N2O3S/c1-9-6-7-10(8-11(9)14)19(16,17)15-12-4-3-5-13(12)18-2/h6-8,12-13,15H,3-5,14H2,1-2H3. The highest BCUT2D eigenvalue weighted by molar-refractivity contribution is 7.89. The molecule has 1 aliphatic rings. The molecule has 1 aromatic carbocycles. The van der Waals surface area contributed by atoms with E-state index in [-0.39, 0.29) is 17.0 Å². The molecule has 0 radical (unpaired) electrons. The van der Waals surface area contributed by atoms with Gasteiger partial charge in [0.05, 0.1) is 11.0 Å². The molecule has 0 amide bonds. The van der Waals surface area contributed by atoms with Crippen LogP contribution in [-0.2, 0) is 14.8 Å². The van der Waals surface area contributed by atoms with E-state index in [2.05, 4.69) is 4.72 Å². The van der Waals surface area contributed by atoms with Crippen LogP contribution < -0.4 is 10.5 Å². The van der Waals surface area contributed by atoms with E-state index in [9.17, 15) is 8.42 Å². The van der Waals surface area contributed by atoms with Crippen molar-refractivity contribution in [1.29, 1.82) is 0 Å². The topological polar surface area (TPSA) is 81.4 Å². The average Bonchev–Trinajstić information content (AvgIpc) is 2.79. The normalized spacial score (nSPS) is 23.7. The molecule has 2 atom stereocenters. The summed E-state index contributed by atoms with van der Waals surface area (Å²) in [6.45, 7) is 1.84. The Balaban J connectivity index is 2.20. The zero-order chi connectivity index (χ0) is 14.0. The van der Waals surface area contributed by atoms with E-state index >= 15 is 0 Å². The average molecular weight is 284 g/mol. The van der Waals surface area contributed by atoms with E-state index in [1.165, 1.54) is 6.07 Å². The second-order valence-electron chi connectivity index (χ2n) is 4.95. The molecule has 2 rings (SSSR count). The first-order valence-electron chi connectivity index (χ1n) is 6.35. The Morgan fingerprint density at radius 2 is 2.11 bits per heavy atom. The molecule has 0 spiro atoms. The van der Waals surface area contributed by atoms with Crippen LogP contribution in [0.5, 0.6) is 0 Å². The van der Waals surface area contributed by atoms with Crippen LogP contribution in [0.3, 0.4) is 0 Å². The summed E-state index contributed by atoms with van der Waals surface area (Å²) in [5, 5.41) is 0. The summed E-state index contributed by atoms with van der Waals surface area (Å²) in [6.07, 6.45) is 2.62. The van der Waals surface area contributed by atoms with Crippen LogP contribution in [0.25, 0.3) is 0 Å². The molecule has 0 bridgehead atoms. The first-order valence-corrected chi connectivity index (χ1v) is 7.83. The van der Waals surface area contributed by atoms with Gasteiger partial charge in [0.15, 0.2) is 0 Å². The smallest absolute Gasteiger partial charge is 0.240 e. The predicted molar refractivity (Wildman–Crippen MR) is 74.3 cm³/mol. The van der Waals surface area contributed by atoms with Crippen LogP contribution in [0, 0.1) is 6.92 Å². The van der Waals surface area contributed by atoms with E-state index in [1.54, 1.807) is 19.2 Å². The van der Waals surface area contributed by atoms with E-state index < -0.39 is 10.0 Å². The molecular formula is C13H20N2O3S. The summed E-state index contributed by atoms with van der Waals surface area (Å²) in [4.78, 5) is 0.206. The minimum absolute atomic E-state index is 0.0439. The zero-order valence-corrected chi connectivity index (χ0v) is 12.0. The molecule has 0 saturated heterocycles. The van der Waals surface area contributed by atoms with Crippen molar-refractivity contribution < 1.29 is 13.2 Å². The molecule has 0 heterocycles. The maximum atomic E-state index is 12.3. The number of nitrogens with one attached hydrogen (secondary N) is 1. The Morgan fingerprint density at radius 3 is 2.74 bits per heavy atom. The molecular weight excluding hydrogens is 264 g/mol. The Kier molecular flexibility index (Phi) is 4.13. The van der Waals surface area contributed by atoms with Crippen molar-refractivity contribution in [3.63, 3.8) is 0 Å². The van der Waals surface area contributed by atoms with Gasteiger partial charge in [-0.15, -0.1) is 0 Å². The zero-order valence-electron chi connectivity index (χ0n) is 11.2. The predicted octanol–water partition coefficient (Wildman–Crippen LogP) is 1.42. The summed E-state index contributed by atoms with van der Waals surface area (Å²) in [7, 11) is -1.92. The van der Waals surface area contributed by atoms with Crippen molar-refractivity contribution >= 4 is 15.7 Å². The summed E-state index contributed by atoms with van der Waals surface area (Å²) in [6, 6.07) is 4.63. The van der Waals surface area contributed by atoms with Gasteiger partial charge in [0.25, 0.3) is 0 Å². The minimum atomic E-state index is -3.54. The first-order chi connectivity index (χ1) is 8.94. The summed E-state index contributed by atoms with van der Waals surface area (Å²) >= 11 is 0. The van der Waals surface area contributed by atoms with E-state index in [4.69, 9.17) is 10.5 Å². The molecule has 19 heavy (non-hydrogen) atoms. The van der Waals surface area contributed by atoms with Gasteiger partial charge in [-0.1, -0.05) is 6.07 Å². The van der Waals surface area contributed by atoms with Gasteiger partial charge >= 0.3 is 0 Å². The van der Waals surface area contributed by atoms with Crippen LogP contribution in [0.1, 0.15) is 24.8 Å². The van der Waals surface area contributed by atoms with Gasteiger partial charge in [0.1, 0.15) is 0 Å². The van der Waals surface area contributed by atoms with E-state index in [0.717, 1.165) is 24.8 Å². The van der Waals surface area contributed by atoms with Gasteiger partial charge in [-0.25, -0.2) is 13.1 Å². The lowest BCUT2D eigenvalue weighted by atomic mass is 10.2. The fraction of sp³-hybridized carbons (Fsp3) is 0.538. The fourth-order valence-electron chi connectivity index (χ4n) is 2.40. The molecule has 1 saturated carbocycles. The fourth-order valence-corrected chi connectivity index (χ4v) is 3.73. The van der Waals surface area contributed by atoms with Crippen molar-refractivity contribution in [2.75, 3.05) is 12.8 Å². The molecule has 5 nitrogen and oxygen atoms in total. The third kappa shape index (κ3) is 3.08. The Morgan fingerprint density at radius 1 is 1.37 bits per heavy atom. The summed E-state index contributed by atoms with van der Waals surface area (Å²) in [5.41, 5.74) is 7.12. The number of sulfonamides is 1. The monoisotopic (exact) mass is 284 g/mol. The lowest BCUT2D eigenvalue weighted by Gasteiger charge is -2.19. The lowest BCUT2D eigenvalue weighted by Crippen LogP contribution is -2.40. The van der Waals surface area contributed by atoms with Crippen molar-refractivity contribution in [3.05, 3.63) is 23.8 Å². The molecule has 106 valence electrons. The number of ether oxygens (including phenoxy) is 1. The highest BCUT2D eigenvalue weighted by Gasteiger charge is 2.31. The van der Waals surface area contributed by atoms with Crippen molar-refractivity contribution in [2.45, 2.75) is 43.2 Å². The minimum Gasteiger partial charge on any atom is -0.398 e. The SMILES string of the molecule is COC1CCCC1NS(=O)(=O)c1ccc(C)c(N)c1. The molecule has 3 N–H and O–H groups in total. The second-order valence-corrected chi connectivity index (χ2v) is 6.67. The van der Waals surface area contributed by atoms with Gasteiger partial charge in [-0.2, -0.15) is 0 Å². The van der Waals surface area contributed by atoms with Gasteiger partial charge in [-0.05, 0) is 43.9 Å². The largest absolute Gasteiger partial charge is 0.398 e. The first kappa shape index (κ1) is 14.3. The number of hydrogen-bond acceptors (Lipinski definition) is 4. The van der Waals surface area contributed by atoms with Gasteiger partial charge in [-0.3, -0.25) is 0 Å². The summed E-state index contributed by atoms with van der Waals surface area (Å²) < 4.78 is 32.6. The van der Waals surface area contributed by atoms with Crippen LogP contribution >= 0.6 is 0 Å². The third-order valence-corrected chi connectivity index (χ3v) is 5.11. The summed E-state index contributed by atoms with van der Waals surface area (Å²) in [5.74, 6) is 0. The maximum absolute atomic E-state index is 12.3. The number of benzene rings is 1. The molecule has 1 aromatic rings. The maximum Gasteiger partial charge on any atom is 0.240 e. The van der Waals surface area contributed by atoms with Gasteiger partial charge < -0.3 is 10.5 Å². The second kappa shape index (κ2) is 5.48. The van der Waals surface area contributed by atoms with Crippen LogP contribution in [0.2, 0.25) is 0 Å². The van der Waals surface area contributed by atoms with Crippen LogP contribution in [0.4, 0.5) is 5.69 Å². The molecule has 2 unspecified atom stereocenters. The Hall–Kier alpha value is -1.11. The van der Waals surface area contributed by atoms with Crippen molar-refractivity contribution in [2.24, 2.45) is 0 Å². The highest BCUT2D eigenvalue weighted by atomic mass is 32.2. The number of anilines is 1. The van der Waals surface area contributed by atoms with E-state index in [1.807, 2.05) is 6.92 Å². The number of nitrogens with two attached hydrogens (primary N) is 1. The van der Waals surface area contributed by atoms with Gasteiger partial charge in [0.2, 0.25) is 10.0 Å². The molecule has 6 heteroatoms. The molecule has 0 aliphatic heterocycles. The molecule has 1 fully saturated rings. The highest BCUT2D eigenvalue weighted by Crippen LogP contribution is 2.24. The Bertz CT molecular complexity index is 557. The Labute approximate surface area is 114 Å². The van der Waals surface area contributed by atoms with Crippen molar-refractivity contribution in [3.8, 4) is 0 Å². The number of rotatable bonds is 4. The van der Waals surface area contributed by atoms with Gasteiger partial charge in [0, 0.05) is 18.8 Å². The number of methoxy groups -OCH3 is 1. The van der Waals surface area contributed by atoms with Crippen molar-refractivity contribution in [1.82, 2.24) is 4.72 Å².